The van der Waals surface area contributed by atoms with Gasteiger partial charge in [-0.2, -0.15) is 0 Å². The standard InChI is InChI=1S/C11H16N2O2/c1-3-15-11(14)7(2)9-5-4-8(12)6-10(9)13/h4-7H,3,12-13H2,1-2H3. The molecule has 0 aliphatic heterocycles. The van der Waals surface area contributed by atoms with Crippen molar-refractivity contribution in [2.45, 2.75) is 19.8 Å². The van der Waals surface area contributed by atoms with Crippen molar-refractivity contribution in [3.8, 4) is 0 Å². The molecular weight excluding hydrogens is 192 g/mol. The van der Waals surface area contributed by atoms with E-state index in [0.717, 1.165) is 5.56 Å². The lowest BCUT2D eigenvalue weighted by Gasteiger charge is -2.13. The second kappa shape index (κ2) is 4.68. The number of nitrogen functional groups attached to an aromatic ring is 2. The second-order valence-corrected chi connectivity index (χ2v) is 3.36. The van der Waals surface area contributed by atoms with Gasteiger partial charge in [-0.05, 0) is 31.5 Å². The molecule has 4 N–H and O–H groups in total. The maximum atomic E-state index is 11.5. The molecule has 4 heteroatoms. The van der Waals surface area contributed by atoms with Crippen molar-refractivity contribution in [2.24, 2.45) is 0 Å². The lowest BCUT2D eigenvalue weighted by Crippen LogP contribution is -2.14. The molecule has 0 bridgehead atoms. The molecule has 0 aliphatic rings. The molecule has 0 radical (unpaired) electrons. The highest BCUT2D eigenvalue weighted by Crippen LogP contribution is 2.25. The van der Waals surface area contributed by atoms with Crippen LogP contribution in [0.1, 0.15) is 25.3 Å². The smallest absolute Gasteiger partial charge is 0.313 e. The van der Waals surface area contributed by atoms with Crippen LogP contribution in [0, 0.1) is 0 Å². The van der Waals surface area contributed by atoms with Crippen molar-refractivity contribution in [1.29, 1.82) is 0 Å². The zero-order valence-corrected chi connectivity index (χ0v) is 8.99. The Balaban J connectivity index is 2.91. The third-order valence-electron chi connectivity index (χ3n) is 2.22. The molecule has 0 aromatic heterocycles. The molecule has 1 atom stereocenters. The molecule has 1 unspecified atom stereocenters. The number of carbonyl (C=O) groups excluding carboxylic acids is 1. The minimum absolute atomic E-state index is 0.269. The first-order valence-corrected chi connectivity index (χ1v) is 4.87. The largest absolute Gasteiger partial charge is 0.466 e. The highest BCUT2D eigenvalue weighted by Gasteiger charge is 2.18. The molecule has 82 valence electrons. The van der Waals surface area contributed by atoms with Gasteiger partial charge in [-0.25, -0.2) is 0 Å². The molecule has 15 heavy (non-hydrogen) atoms. The number of rotatable bonds is 3. The van der Waals surface area contributed by atoms with Gasteiger partial charge in [-0.1, -0.05) is 6.07 Å². The number of nitrogens with two attached hydrogens (primary N) is 2. The summed E-state index contributed by atoms with van der Waals surface area (Å²) in [5.74, 6) is -0.625. The van der Waals surface area contributed by atoms with Gasteiger partial charge in [0.05, 0.1) is 12.5 Å². The molecule has 1 aromatic carbocycles. The Morgan fingerprint density at radius 2 is 2.13 bits per heavy atom. The van der Waals surface area contributed by atoms with Gasteiger partial charge in [0.2, 0.25) is 0 Å². The summed E-state index contributed by atoms with van der Waals surface area (Å²) in [5.41, 5.74) is 13.2. The van der Waals surface area contributed by atoms with Crippen LogP contribution in [-0.2, 0) is 9.53 Å². The topological polar surface area (TPSA) is 78.3 Å². The van der Waals surface area contributed by atoms with Crippen LogP contribution in [-0.4, -0.2) is 12.6 Å². The number of anilines is 2. The van der Waals surface area contributed by atoms with Gasteiger partial charge in [0.15, 0.2) is 0 Å². The normalized spacial score (nSPS) is 12.1. The van der Waals surface area contributed by atoms with Crippen molar-refractivity contribution >= 4 is 17.3 Å². The van der Waals surface area contributed by atoms with E-state index in [2.05, 4.69) is 0 Å². The lowest BCUT2D eigenvalue weighted by atomic mass is 9.99. The number of esters is 1. The third-order valence-corrected chi connectivity index (χ3v) is 2.22. The molecule has 0 saturated carbocycles. The summed E-state index contributed by atoms with van der Waals surface area (Å²) in [6, 6.07) is 5.12. The Morgan fingerprint density at radius 1 is 1.47 bits per heavy atom. The number of ether oxygens (including phenoxy) is 1. The Bertz CT molecular complexity index is 364. The van der Waals surface area contributed by atoms with Crippen LogP contribution in [0.5, 0.6) is 0 Å². The second-order valence-electron chi connectivity index (χ2n) is 3.36. The fourth-order valence-corrected chi connectivity index (χ4v) is 1.38. The maximum absolute atomic E-state index is 11.5. The predicted molar refractivity (Wildman–Crippen MR) is 60.3 cm³/mol. The molecule has 1 aromatic rings. The number of hydrogen-bond acceptors (Lipinski definition) is 4. The summed E-state index contributed by atoms with van der Waals surface area (Å²) in [4.78, 5) is 11.5. The summed E-state index contributed by atoms with van der Waals surface area (Å²) in [6.45, 7) is 3.91. The SMILES string of the molecule is CCOC(=O)C(C)c1ccc(N)cc1N. The van der Waals surface area contributed by atoms with E-state index in [1.165, 1.54) is 0 Å². The van der Waals surface area contributed by atoms with E-state index in [4.69, 9.17) is 16.2 Å². The van der Waals surface area contributed by atoms with Gasteiger partial charge in [-0.15, -0.1) is 0 Å². The Labute approximate surface area is 89.2 Å². The third kappa shape index (κ3) is 2.62. The van der Waals surface area contributed by atoms with Gasteiger partial charge in [-0.3, -0.25) is 4.79 Å². The summed E-state index contributed by atoms with van der Waals surface area (Å²) in [6.07, 6.45) is 0. The summed E-state index contributed by atoms with van der Waals surface area (Å²) in [7, 11) is 0. The van der Waals surface area contributed by atoms with Crippen LogP contribution in [0.4, 0.5) is 11.4 Å². The Morgan fingerprint density at radius 3 is 2.67 bits per heavy atom. The van der Waals surface area contributed by atoms with Crippen molar-refractivity contribution in [3.63, 3.8) is 0 Å². The van der Waals surface area contributed by atoms with Gasteiger partial charge in [0.1, 0.15) is 0 Å². The summed E-state index contributed by atoms with van der Waals surface area (Å²) < 4.78 is 4.92. The van der Waals surface area contributed by atoms with E-state index in [0.29, 0.717) is 18.0 Å². The molecule has 0 aliphatic carbocycles. The fraction of sp³-hybridized carbons (Fsp3) is 0.364. The summed E-state index contributed by atoms with van der Waals surface area (Å²) >= 11 is 0. The van der Waals surface area contributed by atoms with Crippen LogP contribution >= 0.6 is 0 Å². The van der Waals surface area contributed by atoms with E-state index in [1.807, 2.05) is 0 Å². The minimum Gasteiger partial charge on any atom is -0.466 e. The first-order valence-electron chi connectivity index (χ1n) is 4.87. The molecule has 0 fully saturated rings. The number of hydrogen-bond donors (Lipinski definition) is 2. The highest BCUT2D eigenvalue weighted by atomic mass is 16.5. The summed E-state index contributed by atoms with van der Waals surface area (Å²) in [5, 5.41) is 0. The van der Waals surface area contributed by atoms with Gasteiger partial charge in [0, 0.05) is 11.4 Å². The van der Waals surface area contributed by atoms with E-state index in [-0.39, 0.29) is 11.9 Å². The first-order chi connectivity index (χ1) is 7.06. The number of benzene rings is 1. The van der Waals surface area contributed by atoms with Crippen LogP contribution < -0.4 is 11.5 Å². The average molecular weight is 208 g/mol. The number of carbonyl (C=O) groups is 1. The molecule has 0 heterocycles. The van der Waals surface area contributed by atoms with E-state index >= 15 is 0 Å². The molecule has 0 saturated heterocycles. The van der Waals surface area contributed by atoms with Crippen molar-refractivity contribution in [3.05, 3.63) is 23.8 Å². The first kappa shape index (κ1) is 11.4. The van der Waals surface area contributed by atoms with E-state index in [9.17, 15) is 4.79 Å². The van der Waals surface area contributed by atoms with E-state index in [1.54, 1.807) is 32.0 Å². The predicted octanol–water partition coefficient (Wildman–Crippen LogP) is 1.52. The molecule has 4 nitrogen and oxygen atoms in total. The fourth-order valence-electron chi connectivity index (χ4n) is 1.38. The highest BCUT2D eigenvalue weighted by molar-refractivity contribution is 5.80. The monoisotopic (exact) mass is 208 g/mol. The van der Waals surface area contributed by atoms with Crippen molar-refractivity contribution < 1.29 is 9.53 Å². The average Bonchev–Trinajstić information content (AvgIpc) is 2.17. The van der Waals surface area contributed by atoms with Gasteiger partial charge < -0.3 is 16.2 Å². The molecule has 0 spiro atoms. The quantitative estimate of drug-likeness (QED) is 0.583. The van der Waals surface area contributed by atoms with Crippen LogP contribution in [0.3, 0.4) is 0 Å². The molecular formula is C11H16N2O2. The minimum atomic E-state index is -0.356. The van der Waals surface area contributed by atoms with Crippen molar-refractivity contribution in [2.75, 3.05) is 18.1 Å². The molecule has 0 amide bonds. The zero-order chi connectivity index (χ0) is 11.4. The van der Waals surface area contributed by atoms with Crippen molar-refractivity contribution in [1.82, 2.24) is 0 Å². The van der Waals surface area contributed by atoms with Crippen LogP contribution in [0.25, 0.3) is 0 Å². The lowest BCUT2D eigenvalue weighted by molar-refractivity contribution is -0.144. The van der Waals surface area contributed by atoms with Gasteiger partial charge >= 0.3 is 5.97 Å². The zero-order valence-electron chi connectivity index (χ0n) is 8.99. The maximum Gasteiger partial charge on any atom is 0.313 e. The van der Waals surface area contributed by atoms with Crippen LogP contribution in [0.15, 0.2) is 18.2 Å². The van der Waals surface area contributed by atoms with E-state index < -0.39 is 0 Å². The van der Waals surface area contributed by atoms with Gasteiger partial charge in [0.25, 0.3) is 0 Å². The Kier molecular flexibility index (Phi) is 3.55. The molecule has 1 rings (SSSR count). The Hall–Kier alpha value is -1.71. The van der Waals surface area contributed by atoms with Crippen LogP contribution in [0.2, 0.25) is 0 Å².